The molecule has 0 bridgehead atoms. The molecule has 0 fully saturated rings. The molecule has 7 aromatic heterocycles. The number of aromatic nitrogens is 12. The third-order valence-corrected chi connectivity index (χ3v) is 18.5. The zero-order chi connectivity index (χ0) is 78.3. The van der Waals surface area contributed by atoms with Crippen molar-refractivity contribution in [3.05, 3.63) is 207 Å². The quantitative estimate of drug-likeness (QED) is 0.0472. The lowest BCUT2D eigenvalue weighted by atomic mass is 9.97. The van der Waals surface area contributed by atoms with Gasteiger partial charge < -0.3 is 49.4 Å². The van der Waals surface area contributed by atoms with Gasteiger partial charge in [-0.2, -0.15) is 28.1 Å². The van der Waals surface area contributed by atoms with Crippen LogP contribution in [0.3, 0.4) is 0 Å². The van der Waals surface area contributed by atoms with E-state index in [9.17, 15) is 21.6 Å². The van der Waals surface area contributed by atoms with Gasteiger partial charge in [0, 0.05) is 99.8 Å². The molecular formula is C79H92BrF3N20O3S. The van der Waals surface area contributed by atoms with Crippen LogP contribution in [0.4, 0.5) is 60.4 Å². The van der Waals surface area contributed by atoms with Crippen LogP contribution in [-0.2, 0) is 29.0 Å². The lowest BCUT2D eigenvalue weighted by Crippen LogP contribution is -2.20. The molecule has 0 atom stereocenters. The zero-order valence-corrected chi connectivity index (χ0v) is 65.1. The molecule has 0 saturated carbocycles. The van der Waals surface area contributed by atoms with Crippen molar-refractivity contribution in [3.8, 4) is 62.0 Å². The molecule has 0 amide bonds. The van der Waals surface area contributed by atoms with Gasteiger partial charge in [0.05, 0.1) is 46.0 Å². The maximum atomic E-state index is 13.4. The number of nitrogen functional groups attached to an aromatic ring is 5. The molecule has 7 heterocycles. The number of hydrogen-bond donors (Lipinski definition) is 8. The molecule has 23 nitrogen and oxygen atoms in total. The Morgan fingerprint density at radius 3 is 1.51 bits per heavy atom. The van der Waals surface area contributed by atoms with E-state index < -0.39 is 21.9 Å². The van der Waals surface area contributed by atoms with Gasteiger partial charge in [-0.15, -0.1) is 0 Å². The molecule has 0 spiro atoms. The second-order valence-electron chi connectivity index (χ2n) is 27.5. The first-order valence-corrected chi connectivity index (χ1v) is 36.5. The highest BCUT2D eigenvalue weighted by atomic mass is 79.9. The number of hydrogen-bond acceptors (Lipinski definition) is 22. The van der Waals surface area contributed by atoms with Crippen LogP contribution < -0.4 is 49.4 Å². The standard InChI is InChI=1S/C24H27N5O2S.C17H24N4.C14H17N3.C13H14BrN3O.C11H10F3N5/c1-16-9-11-17(12-10-16)32(30,31)29-14-19(18-7-5-6-8-21(18)29)20-13-22(28-23(25)27-20)26-15-24(2,3)4;1-11-7-6-8-13(12(11)2)14-9-15(21-16(18)20-14)19-10-17(3,4)5;1-4-11-8-13(17-14(15)16-11)12-7-9(2)5-6-10(12)3;1-3-9-7-11(17-13(15)16-9)10-6-8(14)4-5-12(10)18-2;1-16-8-5-7(18-10(15)19-8)6-3-2-4-17-9(6)11(12,13)14/h5-14H,15H2,1-4H3,(H3,25,26,27,28);6-9H,10H2,1-5H3,(H3,18,19,20,21);5-8H,4H2,1-3H3,(H2,15,16,17);4-7H,3H2,1-2H3,(H2,15,16,17);2-5H,1H3,(H3,15,16,18,19). The Hall–Kier alpha value is -11.4. The number of fused-ring (bicyclic) bond motifs is 1. The maximum Gasteiger partial charge on any atom is 0.434 e. The van der Waals surface area contributed by atoms with Crippen LogP contribution in [0.25, 0.3) is 67.2 Å². The first-order valence-electron chi connectivity index (χ1n) is 34.3. The van der Waals surface area contributed by atoms with E-state index in [1.807, 2.05) is 74.5 Å². The van der Waals surface area contributed by atoms with E-state index >= 15 is 0 Å². The summed E-state index contributed by atoms with van der Waals surface area (Å²) in [5.74, 6) is 3.40. The molecule has 12 rings (SSSR count). The first-order chi connectivity index (χ1) is 50.4. The van der Waals surface area contributed by atoms with Crippen LogP contribution in [0.5, 0.6) is 5.75 Å². The minimum Gasteiger partial charge on any atom is -0.496 e. The minimum atomic E-state index is -4.56. The van der Waals surface area contributed by atoms with Gasteiger partial charge in [-0.1, -0.05) is 143 Å². The van der Waals surface area contributed by atoms with E-state index in [1.165, 1.54) is 44.4 Å². The molecule has 28 heteroatoms. The van der Waals surface area contributed by atoms with Gasteiger partial charge in [0.15, 0.2) is 5.69 Å². The number of anilines is 8. The van der Waals surface area contributed by atoms with Gasteiger partial charge in [0.2, 0.25) is 29.7 Å². The molecule has 12 aromatic rings. The maximum absolute atomic E-state index is 13.4. The highest BCUT2D eigenvalue weighted by molar-refractivity contribution is 9.10. The first kappa shape index (κ1) is 81.3. The molecule has 0 saturated heterocycles. The van der Waals surface area contributed by atoms with Crippen molar-refractivity contribution in [1.82, 2.24) is 58.8 Å². The summed E-state index contributed by atoms with van der Waals surface area (Å²) in [6, 6.07) is 44.3. The molecule has 0 aliphatic rings. The summed E-state index contributed by atoms with van der Waals surface area (Å²) in [7, 11) is -0.573. The number of nitrogens with zero attached hydrogens (tertiary/aromatic N) is 12. The second kappa shape index (κ2) is 35.1. The van der Waals surface area contributed by atoms with Crippen molar-refractivity contribution in [3.63, 3.8) is 0 Å². The molecule has 0 unspecified atom stereocenters. The minimum absolute atomic E-state index is 0.0536. The highest BCUT2D eigenvalue weighted by Gasteiger charge is 2.36. The van der Waals surface area contributed by atoms with Crippen molar-refractivity contribution in [2.24, 2.45) is 10.8 Å². The lowest BCUT2D eigenvalue weighted by molar-refractivity contribution is -0.140. The fourth-order valence-corrected chi connectivity index (χ4v) is 12.4. The van der Waals surface area contributed by atoms with Crippen LogP contribution in [-0.4, -0.2) is 94.5 Å². The number of methoxy groups -OCH3 is 1. The zero-order valence-electron chi connectivity index (χ0n) is 62.7. The number of nitrogens with one attached hydrogen (secondary N) is 3. The molecule has 107 heavy (non-hydrogen) atoms. The smallest absolute Gasteiger partial charge is 0.434 e. The van der Waals surface area contributed by atoms with E-state index in [0.29, 0.717) is 46.9 Å². The highest BCUT2D eigenvalue weighted by Crippen LogP contribution is 2.38. The summed E-state index contributed by atoms with van der Waals surface area (Å²) < 4.78 is 73.1. The van der Waals surface area contributed by atoms with E-state index in [1.54, 1.807) is 56.8 Å². The van der Waals surface area contributed by atoms with Crippen LogP contribution in [0.15, 0.2) is 167 Å². The van der Waals surface area contributed by atoms with E-state index in [2.05, 4.69) is 193 Å². The third-order valence-electron chi connectivity index (χ3n) is 16.3. The normalized spacial score (nSPS) is 11.4. The van der Waals surface area contributed by atoms with Gasteiger partial charge in [-0.05, 0) is 142 Å². The fourth-order valence-electron chi connectivity index (χ4n) is 10.6. The lowest BCUT2D eigenvalue weighted by Gasteiger charge is -2.19. The summed E-state index contributed by atoms with van der Waals surface area (Å²) in [5.41, 5.74) is 43.2. The molecule has 0 aliphatic heterocycles. The summed E-state index contributed by atoms with van der Waals surface area (Å²) in [4.78, 5) is 45.5. The number of para-hydroxylation sites is 1. The van der Waals surface area contributed by atoms with Gasteiger partial charge in [0.25, 0.3) is 10.0 Å². The van der Waals surface area contributed by atoms with Gasteiger partial charge in [-0.25, -0.2) is 47.3 Å². The fraction of sp³-hybridized carbons (Fsp3) is 0.278. The van der Waals surface area contributed by atoms with Crippen molar-refractivity contribution in [1.29, 1.82) is 0 Å². The van der Waals surface area contributed by atoms with Crippen molar-refractivity contribution in [2.45, 2.75) is 114 Å². The van der Waals surface area contributed by atoms with Crippen LogP contribution in [0.1, 0.15) is 100 Å². The van der Waals surface area contributed by atoms with E-state index in [0.717, 1.165) is 97.7 Å². The predicted octanol–water partition coefficient (Wildman–Crippen LogP) is 16.6. The Balaban J connectivity index is 0.000000173. The predicted molar refractivity (Wildman–Crippen MR) is 429 cm³/mol. The Bertz CT molecular complexity index is 5200. The average Bonchev–Trinajstić information content (AvgIpc) is 1.61. The van der Waals surface area contributed by atoms with Gasteiger partial charge in [-0.3, -0.25) is 4.98 Å². The Morgan fingerprint density at radius 2 is 0.981 bits per heavy atom. The molecule has 5 aromatic carbocycles. The van der Waals surface area contributed by atoms with Crippen LogP contribution in [0, 0.1) is 45.4 Å². The van der Waals surface area contributed by atoms with E-state index in [4.69, 9.17) is 33.4 Å². The number of ether oxygens (including phenoxy) is 1. The molecule has 560 valence electrons. The number of nitrogens with two attached hydrogens (primary N) is 5. The van der Waals surface area contributed by atoms with Gasteiger partial charge in [0.1, 0.15) is 23.2 Å². The van der Waals surface area contributed by atoms with Crippen molar-refractivity contribution < 1.29 is 26.3 Å². The topological polar surface area (TPSA) is 356 Å². The average molecular weight is 1540 g/mol. The van der Waals surface area contributed by atoms with Crippen molar-refractivity contribution in [2.75, 3.05) is 71.9 Å². The SMILES string of the molecule is CCc1cc(-c2cc(Br)ccc2OC)nc(N)n1.CCc1cc(-c2cc(C)ccc2C)nc(N)n1.CNc1cc(-c2cccnc2C(F)(F)F)nc(N)n1.Cc1ccc(S(=O)(=O)n2cc(-c3cc(NCC(C)(C)C)nc(N)n3)c3ccccc32)cc1.Cc1cccc(-c2cc(NCC(C)(C)C)nc(N)n2)c1C. The number of halogens is 4. The second-order valence-corrected chi connectivity index (χ2v) is 30.2. The molecule has 13 N–H and O–H groups in total. The largest absolute Gasteiger partial charge is 0.496 e. The molecular weight excluding hydrogens is 1450 g/mol. The molecule has 0 radical (unpaired) electrons. The summed E-state index contributed by atoms with van der Waals surface area (Å²) in [6.45, 7) is 28.8. The van der Waals surface area contributed by atoms with Crippen LogP contribution in [0.2, 0.25) is 0 Å². The summed E-state index contributed by atoms with van der Waals surface area (Å²) in [5, 5.41) is 10.1. The number of pyridine rings is 1. The number of rotatable bonds is 15. The number of benzene rings is 5. The summed E-state index contributed by atoms with van der Waals surface area (Å²) >= 11 is 3.45. The Morgan fingerprint density at radius 1 is 0.495 bits per heavy atom. The Labute approximate surface area is 631 Å². The van der Waals surface area contributed by atoms with Crippen molar-refractivity contribution >= 4 is 84.1 Å². The number of alkyl halides is 3. The molecule has 0 aliphatic carbocycles. The summed E-state index contributed by atoms with van der Waals surface area (Å²) in [6.07, 6.45) is -0.193. The van der Waals surface area contributed by atoms with Gasteiger partial charge >= 0.3 is 6.18 Å². The van der Waals surface area contributed by atoms with Crippen LogP contribution >= 0.6 is 15.9 Å². The third kappa shape index (κ3) is 22.3. The Kier molecular flexibility index (Phi) is 26.7. The monoisotopic (exact) mass is 1540 g/mol. The number of aryl methyl sites for hydroxylation is 6. The van der Waals surface area contributed by atoms with E-state index in [-0.39, 0.29) is 44.8 Å².